The van der Waals surface area contributed by atoms with Crippen molar-refractivity contribution in [3.05, 3.63) is 84.4 Å². The first-order chi connectivity index (χ1) is 14.5. The van der Waals surface area contributed by atoms with Crippen LogP contribution in [0.4, 0.5) is 28.4 Å². The molecule has 5 nitrogen and oxygen atoms in total. The number of benzene rings is 4. The number of aryl methyl sites for hydroxylation is 1. The second-order valence-corrected chi connectivity index (χ2v) is 7.64. The maximum Gasteiger partial charge on any atom is 0.0571 e. The van der Waals surface area contributed by atoms with Crippen molar-refractivity contribution in [2.24, 2.45) is 0 Å². The number of aromatic nitrogens is 1. The van der Waals surface area contributed by atoms with Gasteiger partial charge in [0.05, 0.1) is 11.0 Å². The van der Waals surface area contributed by atoms with Crippen LogP contribution in [0.5, 0.6) is 0 Å². The number of nitrogens with one attached hydrogen (secondary N) is 1. The Bertz CT molecular complexity index is 1380. The Morgan fingerprint density at radius 1 is 0.633 bits per heavy atom. The van der Waals surface area contributed by atoms with Crippen molar-refractivity contribution in [2.75, 3.05) is 22.5 Å². The van der Waals surface area contributed by atoms with Gasteiger partial charge in [0.2, 0.25) is 0 Å². The quantitative estimate of drug-likeness (QED) is 0.301. The minimum Gasteiger partial charge on any atom is -0.399 e. The fourth-order valence-corrected chi connectivity index (χ4v) is 4.08. The van der Waals surface area contributed by atoms with Crippen molar-refractivity contribution in [1.82, 2.24) is 4.57 Å². The Balaban J connectivity index is 1.74. The molecule has 0 fully saturated rings. The molecule has 5 rings (SSSR count). The Morgan fingerprint density at radius 2 is 1.27 bits per heavy atom. The zero-order chi connectivity index (χ0) is 20.8. The lowest BCUT2D eigenvalue weighted by molar-refractivity contribution is 1.17. The highest BCUT2D eigenvalue weighted by molar-refractivity contribution is 6.12. The lowest BCUT2D eigenvalue weighted by Crippen LogP contribution is -1.97. The van der Waals surface area contributed by atoms with E-state index in [0.29, 0.717) is 0 Å². The van der Waals surface area contributed by atoms with Gasteiger partial charge in [-0.05, 0) is 91.3 Å². The van der Waals surface area contributed by atoms with E-state index in [0.717, 1.165) is 61.5 Å². The Morgan fingerprint density at radius 3 is 1.97 bits per heavy atom. The summed E-state index contributed by atoms with van der Waals surface area (Å²) < 4.78 is 2.27. The molecule has 148 valence electrons. The van der Waals surface area contributed by atoms with Gasteiger partial charge in [-0.2, -0.15) is 0 Å². The van der Waals surface area contributed by atoms with E-state index in [1.54, 1.807) is 0 Å². The van der Waals surface area contributed by atoms with Crippen LogP contribution in [-0.4, -0.2) is 4.57 Å². The Kier molecular flexibility index (Phi) is 4.03. The van der Waals surface area contributed by atoms with E-state index in [-0.39, 0.29) is 0 Å². The summed E-state index contributed by atoms with van der Waals surface area (Å²) in [5.74, 6) is 0. The smallest absolute Gasteiger partial charge is 0.0571 e. The van der Waals surface area contributed by atoms with E-state index in [9.17, 15) is 0 Å². The van der Waals surface area contributed by atoms with Gasteiger partial charge >= 0.3 is 0 Å². The van der Waals surface area contributed by atoms with E-state index in [1.165, 1.54) is 0 Å². The molecule has 0 aliphatic rings. The topological polar surface area (TPSA) is 95.0 Å². The van der Waals surface area contributed by atoms with E-state index in [2.05, 4.69) is 35.0 Å². The Labute approximate surface area is 174 Å². The van der Waals surface area contributed by atoms with Gasteiger partial charge in [-0.25, -0.2) is 0 Å². The molecule has 0 spiro atoms. The average molecular weight is 393 g/mol. The molecule has 0 amide bonds. The number of rotatable bonds is 3. The number of hydrogen-bond donors (Lipinski definition) is 4. The number of fused-ring (bicyclic) bond motifs is 3. The fourth-order valence-electron chi connectivity index (χ4n) is 4.08. The van der Waals surface area contributed by atoms with Crippen LogP contribution in [-0.2, 0) is 0 Å². The van der Waals surface area contributed by atoms with Crippen LogP contribution in [0.1, 0.15) is 5.56 Å². The predicted octanol–water partition coefficient (Wildman–Crippen LogP) is 5.58. The van der Waals surface area contributed by atoms with Gasteiger partial charge in [0, 0.05) is 44.9 Å². The number of hydrogen-bond acceptors (Lipinski definition) is 4. The number of nitrogens with two attached hydrogens (primary N) is 3. The molecule has 5 aromatic rings. The highest BCUT2D eigenvalue weighted by atomic mass is 15.0. The number of anilines is 5. The minimum absolute atomic E-state index is 0.744. The molecule has 7 N–H and O–H groups in total. The molecule has 30 heavy (non-hydrogen) atoms. The zero-order valence-electron chi connectivity index (χ0n) is 16.7. The zero-order valence-corrected chi connectivity index (χ0v) is 16.7. The maximum atomic E-state index is 6.21. The van der Waals surface area contributed by atoms with Crippen molar-refractivity contribution >= 4 is 50.2 Å². The van der Waals surface area contributed by atoms with Gasteiger partial charge < -0.3 is 27.1 Å². The molecule has 0 unspecified atom stereocenters. The van der Waals surface area contributed by atoms with Crippen molar-refractivity contribution in [3.8, 4) is 5.69 Å². The van der Waals surface area contributed by atoms with E-state index in [4.69, 9.17) is 17.2 Å². The van der Waals surface area contributed by atoms with Crippen LogP contribution in [0.2, 0.25) is 0 Å². The molecule has 1 aromatic heterocycles. The molecule has 1 heterocycles. The summed E-state index contributed by atoms with van der Waals surface area (Å²) in [5.41, 5.74) is 26.6. The molecule has 4 aromatic carbocycles. The lowest BCUT2D eigenvalue weighted by Gasteiger charge is -2.11. The van der Waals surface area contributed by atoms with Crippen LogP contribution in [0.15, 0.2) is 78.9 Å². The third-order valence-electron chi connectivity index (χ3n) is 5.42. The maximum absolute atomic E-state index is 6.21. The summed E-state index contributed by atoms with van der Waals surface area (Å²) in [4.78, 5) is 0. The Hall–Kier alpha value is -4.12. The van der Waals surface area contributed by atoms with Gasteiger partial charge in [0.25, 0.3) is 0 Å². The SMILES string of the molecule is Cc1cc(N)cc2c3cc(Nc4ccc(N)cc4)ccc3n(-c3ccc(N)cc3)c12. The third-order valence-corrected chi connectivity index (χ3v) is 5.42. The fraction of sp³-hybridized carbons (Fsp3) is 0.0400. The van der Waals surface area contributed by atoms with Crippen LogP contribution < -0.4 is 22.5 Å². The van der Waals surface area contributed by atoms with Crippen molar-refractivity contribution in [1.29, 1.82) is 0 Å². The van der Waals surface area contributed by atoms with Gasteiger partial charge in [-0.15, -0.1) is 0 Å². The number of nitrogens with zero attached hydrogens (tertiary/aromatic N) is 1. The first-order valence-electron chi connectivity index (χ1n) is 9.82. The molecule has 0 saturated carbocycles. The summed E-state index contributed by atoms with van der Waals surface area (Å²) >= 11 is 0. The number of nitrogen functional groups attached to an aromatic ring is 3. The predicted molar refractivity (Wildman–Crippen MR) is 128 cm³/mol. The average Bonchev–Trinajstić information content (AvgIpc) is 3.04. The molecular weight excluding hydrogens is 370 g/mol. The van der Waals surface area contributed by atoms with Crippen LogP contribution >= 0.6 is 0 Å². The minimum atomic E-state index is 0.744. The van der Waals surface area contributed by atoms with E-state index >= 15 is 0 Å². The van der Waals surface area contributed by atoms with Crippen LogP contribution in [0.3, 0.4) is 0 Å². The molecule has 0 bridgehead atoms. The van der Waals surface area contributed by atoms with Crippen LogP contribution in [0.25, 0.3) is 27.5 Å². The second kappa shape index (κ2) is 6.74. The largest absolute Gasteiger partial charge is 0.399 e. The summed E-state index contributed by atoms with van der Waals surface area (Å²) in [7, 11) is 0. The molecule has 5 heteroatoms. The van der Waals surface area contributed by atoms with Gasteiger partial charge in [-0.3, -0.25) is 0 Å². The molecule has 0 atom stereocenters. The van der Waals surface area contributed by atoms with Crippen molar-refractivity contribution in [3.63, 3.8) is 0 Å². The van der Waals surface area contributed by atoms with Gasteiger partial charge in [0.1, 0.15) is 0 Å². The monoisotopic (exact) mass is 393 g/mol. The highest BCUT2D eigenvalue weighted by Crippen LogP contribution is 2.37. The van der Waals surface area contributed by atoms with Crippen molar-refractivity contribution in [2.45, 2.75) is 6.92 Å². The molecule has 0 radical (unpaired) electrons. The standard InChI is InChI=1S/C25H23N5/c1-15-12-18(28)13-23-22-14-20(29-19-6-2-16(26)3-7-19)8-11-24(22)30(25(15)23)21-9-4-17(27)5-10-21/h2-14,29H,26-28H2,1H3. The molecule has 0 saturated heterocycles. The third kappa shape index (κ3) is 2.97. The van der Waals surface area contributed by atoms with Gasteiger partial charge in [-0.1, -0.05) is 0 Å². The first-order valence-corrected chi connectivity index (χ1v) is 9.82. The van der Waals surface area contributed by atoms with E-state index in [1.807, 2.05) is 60.7 Å². The van der Waals surface area contributed by atoms with Gasteiger partial charge in [0.15, 0.2) is 0 Å². The molecular formula is C25H23N5. The summed E-state index contributed by atoms with van der Waals surface area (Å²) in [6.07, 6.45) is 0. The summed E-state index contributed by atoms with van der Waals surface area (Å²) in [5, 5.41) is 5.72. The highest BCUT2D eigenvalue weighted by Gasteiger charge is 2.15. The second-order valence-electron chi connectivity index (χ2n) is 7.64. The summed E-state index contributed by atoms with van der Waals surface area (Å²) in [6.45, 7) is 2.10. The normalized spacial score (nSPS) is 11.2. The lowest BCUT2D eigenvalue weighted by atomic mass is 10.1. The first kappa shape index (κ1) is 17.9. The van der Waals surface area contributed by atoms with Crippen molar-refractivity contribution < 1.29 is 0 Å². The van der Waals surface area contributed by atoms with Crippen LogP contribution in [0, 0.1) is 6.92 Å². The molecule has 0 aliphatic heterocycles. The molecule has 0 aliphatic carbocycles. The van der Waals surface area contributed by atoms with E-state index < -0.39 is 0 Å². The summed E-state index contributed by atoms with van der Waals surface area (Å²) in [6, 6.07) is 26.1.